The fourth-order valence-corrected chi connectivity index (χ4v) is 2.77. The summed E-state index contributed by atoms with van der Waals surface area (Å²) >= 11 is 0. The maximum absolute atomic E-state index is 12.6. The first-order valence-electron chi connectivity index (χ1n) is 6.99. The fraction of sp³-hybridized carbons (Fsp3) is 0.400. The van der Waals surface area contributed by atoms with Crippen LogP contribution in [0.15, 0.2) is 24.5 Å². The van der Waals surface area contributed by atoms with Crippen molar-refractivity contribution in [1.82, 2.24) is 14.9 Å². The standard InChI is InChI=1S/C15H17N3O3/c1-21-15(20)11-3-2-6-18(8-11)14(19)10-4-5-12-13(7-10)17-9-16-12/h4-5,7,9,11H,2-3,6,8H2,1H3,(H,16,17). The zero-order valence-corrected chi connectivity index (χ0v) is 11.8. The van der Waals surface area contributed by atoms with Crippen molar-refractivity contribution >= 4 is 22.9 Å². The predicted molar refractivity (Wildman–Crippen MR) is 76.7 cm³/mol. The van der Waals surface area contributed by atoms with E-state index < -0.39 is 0 Å². The van der Waals surface area contributed by atoms with Gasteiger partial charge in [0.05, 0.1) is 30.4 Å². The van der Waals surface area contributed by atoms with Gasteiger partial charge in [0.15, 0.2) is 0 Å². The van der Waals surface area contributed by atoms with Crippen LogP contribution in [0.25, 0.3) is 11.0 Å². The molecule has 2 heterocycles. The zero-order valence-electron chi connectivity index (χ0n) is 11.8. The molecule has 6 heteroatoms. The molecule has 1 amide bonds. The summed E-state index contributed by atoms with van der Waals surface area (Å²) in [6.45, 7) is 1.10. The van der Waals surface area contributed by atoms with E-state index in [-0.39, 0.29) is 17.8 Å². The van der Waals surface area contributed by atoms with Crippen LogP contribution in [0.4, 0.5) is 0 Å². The van der Waals surface area contributed by atoms with E-state index in [0.29, 0.717) is 18.7 Å². The number of hydrogen-bond acceptors (Lipinski definition) is 4. The van der Waals surface area contributed by atoms with Crippen LogP contribution < -0.4 is 0 Å². The van der Waals surface area contributed by atoms with Gasteiger partial charge in [-0.1, -0.05) is 0 Å². The first-order chi connectivity index (χ1) is 10.2. The molecule has 0 spiro atoms. The molecule has 1 atom stereocenters. The largest absolute Gasteiger partial charge is 0.469 e. The second kappa shape index (κ2) is 5.55. The number of fused-ring (bicyclic) bond motifs is 1. The number of nitrogens with zero attached hydrogens (tertiary/aromatic N) is 2. The number of methoxy groups -OCH3 is 1. The Bertz CT molecular complexity index is 680. The molecule has 0 saturated carbocycles. The van der Waals surface area contributed by atoms with Gasteiger partial charge in [0.2, 0.25) is 0 Å². The van der Waals surface area contributed by atoms with Gasteiger partial charge in [-0.25, -0.2) is 4.98 Å². The monoisotopic (exact) mass is 287 g/mol. The number of nitrogens with one attached hydrogen (secondary N) is 1. The number of H-pyrrole nitrogens is 1. The quantitative estimate of drug-likeness (QED) is 0.851. The number of esters is 1. The number of carbonyl (C=O) groups excluding carboxylic acids is 2. The molecule has 1 N–H and O–H groups in total. The molecule has 21 heavy (non-hydrogen) atoms. The maximum atomic E-state index is 12.6. The molecule has 110 valence electrons. The lowest BCUT2D eigenvalue weighted by Crippen LogP contribution is -2.42. The highest BCUT2D eigenvalue weighted by molar-refractivity contribution is 5.97. The predicted octanol–water partition coefficient (Wildman–Crippen LogP) is 1.59. The molecule has 2 aromatic rings. The number of piperidine rings is 1. The lowest BCUT2D eigenvalue weighted by Gasteiger charge is -2.31. The Kier molecular flexibility index (Phi) is 3.60. The SMILES string of the molecule is COC(=O)C1CCCN(C(=O)c2ccc3nc[nH]c3c2)C1. The summed E-state index contributed by atoms with van der Waals surface area (Å²) in [7, 11) is 1.38. The number of imidazole rings is 1. The summed E-state index contributed by atoms with van der Waals surface area (Å²) in [4.78, 5) is 33.1. The Balaban J connectivity index is 1.78. The topological polar surface area (TPSA) is 75.3 Å². The van der Waals surface area contributed by atoms with Crippen molar-refractivity contribution < 1.29 is 14.3 Å². The Morgan fingerprint density at radius 3 is 3.10 bits per heavy atom. The van der Waals surface area contributed by atoms with Crippen molar-refractivity contribution in [1.29, 1.82) is 0 Å². The van der Waals surface area contributed by atoms with Crippen molar-refractivity contribution in [2.45, 2.75) is 12.8 Å². The fourth-order valence-electron chi connectivity index (χ4n) is 2.77. The van der Waals surface area contributed by atoms with Gasteiger partial charge in [-0.3, -0.25) is 9.59 Å². The molecule has 0 radical (unpaired) electrons. The van der Waals surface area contributed by atoms with E-state index in [0.717, 1.165) is 23.9 Å². The van der Waals surface area contributed by atoms with Gasteiger partial charge >= 0.3 is 5.97 Å². The van der Waals surface area contributed by atoms with Gasteiger partial charge in [0.25, 0.3) is 5.91 Å². The average molecular weight is 287 g/mol. The molecule has 6 nitrogen and oxygen atoms in total. The molecule has 3 rings (SSSR count). The second-order valence-corrected chi connectivity index (χ2v) is 5.25. The van der Waals surface area contributed by atoms with E-state index in [1.165, 1.54) is 7.11 Å². The van der Waals surface area contributed by atoms with Gasteiger partial charge in [-0.15, -0.1) is 0 Å². The third-order valence-corrected chi connectivity index (χ3v) is 3.91. The first-order valence-corrected chi connectivity index (χ1v) is 6.99. The molecule has 0 aliphatic carbocycles. The molecule has 0 bridgehead atoms. The van der Waals surface area contributed by atoms with Gasteiger partial charge < -0.3 is 14.6 Å². The van der Waals surface area contributed by atoms with Gasteiger partial charge in [0.1, 0.15) is 0 Å². The Morgan fingerprint density at radius 1 is 1.43 bits per heavy atom. The summed E-state index contributed by atoms with van der Waals surface area (Å²) in [5.41, 5.74) is 2.28. The van der Waals surface area contributed by atoms with Gasteiger partial charge in [0, 0.05) is 18.7 Å². The molecule has 1 aliphatic heterocycles. The Morgan fingerprint density at radius 2 is 2.29 bits per heavy atom. The average Bonchev–Trinajstić information content (AvgIpc) is 3.01. The minimum Gasteiger partial charge on any atom is -0.469 e. The maximum Gasteiger partial charge on any atom is 0.310 e. The lowest BCUT2D eigenvalue weighted by molar-refractivity contribution is -0.146. The number of aromatic nitrogens is 2. The number of amides is 1. The smallest absolute Gasteiger partial charge is 0.310 e. The first kappa shape index (κ1) is 13.6. The number of likely N-dealkylation sites (tertiary alicyclic amines) is 1. The summed E-state index contributed by atoms with van der Waals surface area (Å²) < 4.78 is 4.78. The summed E-state index contributed by atoms with van der Waals surface area (Å²) in [6, 6.07) is 5.39. The van der Waals surface area contributed by atoms with Crippen LogP contribution in [0.5, 0.6) is 0 Å². The van der Waals surface area contributed by atoms with Crippen LogP contribution in [-0.2, 0) is 9.53 Å². The third-order valence-electron chi connectivity index (χ3n) is 3.91. The molecular formula is C15H17N3O3. The number of hydrogen-bond donors (Lipinski definition) is 1. The van der Waals surface area contributed by atoms with E-state index in [9.17, 15) is 9.59 Å². The molecule has 1 aromatic heterocycles. The van der Waals surface area contributed by atoms with Crippen molar-refractivity contribution in [2.24, 2.45) is 5.92 Å². The van der Waals surface area contributed by atoms with E-state index in [2.05, 4.69) is 9.97 Å². The van der Waals surface area contributed by atoms with E-state index in [1.807, 2.05) is 6.07 Å². The molecule has 1 aliphatic rings. The van der Waals surface area contributed by atoms with Crippen molar-refractivity contribution in [2.75, 3.05) is 20.2 Å². The molecule has 1 aromatic carbocycles. The normalized spacial score (nSPS) is 18.7. The van der Waals surface area contributed by atoms with Crippen LogP contribution >= 0.6 is 0 Å². The summed E-state index contributed by atoms with van der Waals surface area (Å²) in [6.07, 6.45) is 3.20. The van der Waals surface area contributed by atoms with Gasteiger partial charge in [-0.05, 0) is 31.0 Å². The number of benzene rings is 1. The highest BCUT2D eigenvalue weighted by Gasteiger charge is 2.29. The van der Waals surface area contributed by atoms with E-state index in [1.54, 1.807) is 23.4 Å². The minimum atomic E-state index is -0.239. The molecule has 1 saturated heterocycles. The van der Waals surface area contributed by atoms with Crippen LogP contribution in [0.2, 0.25) is 0 Å². The third kappa shape index (κ3) is 2.61. The summed E-state index contributed by atoms with van der Waals surface area (Å²) in [5, 5.41) is 0. The van der Waals surface area contributed by atoms with Crippen LogP contribution in [0.3, 0.4) is 0 Å². The van der Waals surface area contributed by atoms with Crippen LogP contribution in [0, 0.1) is 5.92 Å². The van der Waals surface area contributed by atoms with Crippen LogP contribution in [-0.4, -0.2) is 46.9 Å². The highest BCUT2D eigenvalue weighted by Crippen LogP contribution is 2.21. The molecule has 1 unspecified atom stereocenters. The number of carbonyl (C=O) groups is 2. The van der Waals surface area contributed by atoms with Crippen molar-refractivity contribution in [3.8, 4) is 0 Å². The number of ether oxygens (including phenoxy) is 1. The Hall–Kier alpha value is -2.37. The van der Waals surface area contributed by atoms with E-state index in [4.69, 9.17) is 4.74 Å². The lowest BCUT2D eigenvalue weighted by atomic mass is 9.97. The highest BCUT2D eigenvalue weighted by atomic mass is 16.5. The van der Waals surface area contributed by atoms with E-state index >= 15 is 0 Å². The minimum absolute atomic E-state index is 0.0555. The molecule has 1 fully saturated rings. The number of aromatic amines is 1. The van der Waals surface area contributed by atoms with Crippen LogP contribution in [0.1, 0.15) is 23.2 Å². The summed E-state index contributed by atoms with van der Waals surface area (Å²) in [5.74, 6) is -0.514. The van der Waals surface area contributed by atoms with Crippen molar-refractivity contribution in [3.05, 3.63) is 30.1 Å². The second-order valence-electron chi connectivity index (χ2n) is 5.25. The molecular weight excluding hydrogens is 270 g/mol. The Labute approximate surface area is 122 Å². The van der Waals surface area contributed by atoms with Crippen molar-refractivity contribution in [3.63, 3.8) is 0 Å². The zero-order chi connectivity index (χ0) is 14.8. The number of rotatable bonds is 2. The van der Waals surface area contributed by atoms with Gasteiger partial charge in [-0.2, -0.15) is 0 Å².